The minimum atomic E-state index is -0.990. The number of hydrogen-bond acceptors (Lipinski definition) is 3. The molecule has 1 amide bonds. The second-order valence-corrected chi connectivity index (χ2v) is 3.14. The molecule has 13 heavy (non-hydrogen) atoms. The molecule has 0 aromatic heterocycles. The zero-order chi connectivity index (χ0) is 10.0. The number of aliphatic carboxylic acids is 1. The Bertz CT molecular complexity index is 271. The van der Waals surface area contributed by atoms with Gasteiger partial charge >= 0.3 is 5.97 Å². The van der Waals surface area contributed by atoms with E-state index in [2.05, 4.69) is 10.6 Å². The summed E-state index contributed by atoms with van der Waals surface area (Å²) in [6.07, 6.45) is 0.233. The van der Waals surface area contributed by atoms with Gasteiger partial charge in [-0.05, 0) is 0 Å². The van der Waals surface area contributed by atoms with E-state index >= 15 is 0 Å². The fourth-order valence-corrected chi connectivity index (χ4v) is 1.43. The van der Waals surface area contributed by atoms with E-state index in [1.54, 1.807) is 0 Å². The van der Waals surface area contributed by atoms with Crippen LogP contribution in [0.1, 0.15) is 6.42 Å². The molecule has 0 aromatic rings. The first-order valence-corrected chi connectivity index (χ1v) is 4.00. The average molecular weight is 198 g/mol. The van der Waals surface area contributed by atoms with Crippen molar-refractivity contribution in [2.24, 2.45) is 0 Å². The number of thiocarbonyl (C=S) groups is 1. The molecule has 0 unspecified atom stereocenters. The molecular formula is C6H7BN2O3S. The Labute approximate surface area is 81.3 Å². The summed E-state index contributed by atoms with van der Waals surface area (Å²) < 4.78 is 0. The van der Waals surface area contributed by atoms with E-state index in [1.165, 1.54) is 0 Å². The van der Waals surface area contributed by atoms with Gasteiger partial charge in [0.05, 0.1) is 11.0 Å². The van der Waals surface area contributed by atoms with Crippen molar-refractivity contribution in [3.8, 4) is 0 Å². The molecule has 1 heterocycles. The van der Waals surface area contributed by atoms with Crippen molar-refractivity contribution in [3.63, 3.8) is 0 Å². The highest BCUT2D eigenvalue weighted by Gasteiger charge is 2.33. The maximum atomic E-state index is 10.5. The molecule has 0 spiro atoms. The van der Waals surface area contributed by atoms with E-state index in [1.807, 2.05) is 0 Å². The van der Waals surface area contributed by atoms with E-state index in [0.717, 1.165) is 0 Å². The van der Waals surface area contributed by atoms with Gasteiger partial charge in [-0.1, -0.05) is 12.2 Å². The molecule has 7 heteroatoms. The number of carboxylic acids is 1. The lowest BCUT2D eigenvalue weighted by Gasteiger charge is -2.08. The summed E-state index contributed by atoms with van der Waals surface area (Å²) in [6, 6.07) is -1.20. The third-order valence-corrected chi connectivity index (χ3v) is 2.12. The molecule has 5 nitrogen and oxygen atoms in total. The van der Waals surface area contributed by atoms with Crippen molar-refractivity contribution >= 4 is 36.8 Å². The predicted octanol–water partition coefficient (Wildman–Crippen LogP) is -0.993. The molecule has 1 aliphatic heterocycles. The minimum Gasteiger partial charge on any atom is -0.480 e. The van der Waals surface area contributed by atoms with Crippen molar-refractivity contribution < 1.29 is 14.7 Å². The number of carboxylic acid groups (broad SMARTS) is 1. The van der Waals surface area contributed by atoms with Crippen LogP contribution in [0.2, 0.25) is 0 Å². The third kappa shape index (κ3) is 2.41. The Morgan fingerprint density at radius 3 is 2.69 bits per heavy atom. The van der Waals surface area contributed by atoms with Gasteiger partial charge in [0.1, 0.15) is 6.04 Å². The van der Waals surface area contributed by atoms with Crippen molar-refractivity contribution in [2.45, 2.75) is 18.5 Å². The lowest BCUT2D eigenvalue weighted by atomic mass is 10.1. The third-order valence-electron chi connectivity index (χ3n) is 1.72. The van der Waals surface area contributed by atoms with Gasteiger partial charge in [0.15, 0.2) is 5.81 Å². The van der Waals surface area contributed by atoms with E-state index in [4.69, 9.17) is 25.2 Å². The number of nitrogens with one attached hydrogen (secondary N) is 2. The molecule has 1 fully saturated rings. The summed E-state index contributed by atoms with van der Waals surface area (Å²) in [4.78, 5) is 21.3. The molecule has 2 atom stereocenters. The maximum absolute atomic E-state index is 10.5. The SMILES string of the molecule is [B]C(=O)N[C@@H]1C[C@H](C(=O)O)NC1=S. The van der Waals surface area contributed by atoms with Gasteiger partial charge in [0.2, 0.25) is 7.85 Å². The maximum Gasteiger partial charge on any atom is 0.326 e. The van der Waals surface area contributed by atoms with Gasteiger partial charge in [-0.3, -0.25) is 4.79 Å². The Kier molecular flexibility index (Phi) is 2.87. The molecule has 0 bridgehead atoms. The first kappa shape index (κ1) is 9.98. The molecule has 1 aliphatic rings. The second kappa shape index (κ2) is 3.74. The summed E-state index contributed by atoms with van der Waals surface area (Å²) in [5, 5.41) is 13.5. The van der Waals surface area contributed by atoms with Gasteiger partial charge in [0, 0.05) is 6.42 Å². The molecule has 68 valence electrons. The molecule has 0 aromatic carbocycles. The van der Waals surface area contributed by atoms with Crippen LogP contribution >= 0.6 is 12.2 Å². The predicted molar refractivity (Wildman–Crippen MR) is 49.8 cm³/mol. The molecule has 1 rings (SSSR count). The molecule has 0 saturated carbocycles. The lowest BCUT2D eigenvalue weighted by molar-refractivity contribution is -0.138. The normalized spacial score (nSPS) is 26.6. The highest BCUT2D eigenvalue weighted by atomic mass is 32.1. The zero-order valence-corrected chi connectivity index (χ0v) is 7.43. The molecular weight excluding hydrogens is 191 g/mol. The lowest BCUT2D eigenvalue weighted by Crippen LogP contribution is -2.38. The summed E-state index contributed by atoms with van der Waals surface area (Å²) >= 11 is 4.81. The van der Waals surface area contributed by atoms with E-state index in [9.17, 15) is 9.59 Å². The van der Waals surface area contributed by atoms with E-state index in [0.29, 0.717) is 4.99 Å². The number of amides is 1. The first-order valence-electron chi connectivity index (χ1n) is 3.60. The highest BCUT2D eigenvalue weighted by Crippen LogP contribution is 2.09. The van der Waals surface area contributed by atoms with Crippen LogP contribution in [0, 0.1) is 0 Å². The topological polar surface area (TPSA) is 78.4 Å². The van der Waals surface area contributed by atoms with Crippen LogP contribution in [-0.4, -0.2) is 41.8 Å². The summed E-state index contributed by atoms with van der Waals surface area (Å²) in [6.45, 7) is 0. The van der Waals surface area contributed by atoms with Crippen LogP contribution < -0.4 is 10.6 Å². The minimum absolute atomic E-state index is 0.233. The van der Waals surface area contributed by atoms with E-state index in [-0.39, 0.29) is 6.42 Å². The Balaban J connectivity index is 2.56. The van der Waals surface area contributed by atoms with Crippen molar-refractivity contribution in [3.05, 3.63) is 0 Å². The number of carbonyl (C=O) groups is 2. The van der Waals surface area contributed by atoms with Crippen molar-refractivity contribution in [1.29, 1.82) is 0 Å². The average Bonchev–Trinajstić information content (AvgIpc) is 2.31. The Morgan fingerprint density at radius 2 is 2.31 bits per heavy atom. The number of hydrogen-bond donors (Lipinski definition) is 3. The van der Waals surface area contributed by atoms with Gasteiger partial charge in [-0.2, -0.15) is 0 Å². The largest absolute Gasteiger partial charge is 0.480 e. The quantitative estimate of drug-likeness (QED) is 0.392. The number of rotatable bonds is 2. The highest BCUT2D eigenvalue weighted by molar-refractivity contribution is 7.80. The van der Waals surface area contributed by atoms with Crippen LogP contribution in [0.4, 0.5) is 4.79 Å². The van der Waals surface area contributed by atoms with Crippen LogP contribution in [0.3, 0.4) is 0 Å². The summed E-state index contributed by atoms with van der Waals surface area (Å²) in [5.41, 5.74) is 0. The van der Waals surface area contributed by atoms with Crippen LogP contribution in [-0.2, 0) is 4.79 Å². The van der Waals surface area contributed by atoms with E-state index < -0.39 is 23.9 Å². The monoisotopic (exact) mass is 198 g/mol. The first-order chi connectivity index (χ1) is 6.00. The van der Waals surface area contributed by atoms with Gasteiger partial charge < -0.3 is 15.7 Å². The molecule has 0 aliphatic carbocycles. The van der Waals surface area contributed by atoms with Gasteiger partial charge in [-0.25, -0.2) is 4.79 Å². The van der Waals surface area contributed by atoms with Crippen molar-refractivity contribution in [2.75, 3.05) is 0 Å². The van der Waals surface area contributed by atoms with Crippen LogP contribution in [0.15, 0.2) is 0 Å². The molecule has 2 radical (unpaired) electrons. The fourth-order valence-electron chi connectivity index (χ4n) is 1.13. The zero-order valence-electron chi connectivity index (χ0n) is 6.61. The standard InChI is InChI=1S/C6H7BN2O3S/c7-6(12)9-2-1-3(5(10)11)8-4(2)13/h2-3H,1H2,(H,8,13)(H,9,12)(H,10,11)/t2-,3-/m1/s1. The molecule has 1 saturated heterocycles. The van der Waals surface area contributed by atoms with Crippen LogP contribution in [0.5, 0.6) is 0 Å². The Hall–Kier alpha value is -1.11. The van der Waals surface area contributed by atoms with Gasteiger partial charge in [0.25, 0.3) is 0 Å². The number of carbonyl (C=O) groups excluding carboxylic acids is 1. The van der Waals surface area contributed by atoms with Crippen LogP contribution in [0.25, 0.3) is 0 Å². The second-order valence-electron chi connectivity index (χ2n) is 2.70. The fraction of sp³-hybridized carbons (Fsp3) is 0.500. The van der Waals surface area contributed by atoms with Gasteiger partial charge in [-0.15, -0.1) is 0 Å². The molecule has 3 N–H and O–H groups in total. The summed E-state index contributed by atoms with van der Waals surface area (Å²) in [7, 11) is 4.87. The smallest absolute Gasteiger partial charge is 0.326 e. The summed E-state index contributed by atoms with van der Waals surface area (Å²) in [5.74, 6) is -1.70. The van der Waals surface area contributed by atoms with Crippen molar-refractivity contribution in [1.82, 2.24) is 10.6 Å². The Morgan fingerprint density at radius 1 is 1.69 bits per heavy atom.